The lowest BCUT2D eigenvalue weighted by Crippen LogP contribution is -2.47. The molecule has 2 fully saturated rings. The number of likely N-dealkylation sites (tertiary alicyclic amines) is 1. The van der Waals surface area contributed by atoms with Crippen molar-refractivity contribution in [2.75, 3.05) is 56.1 Å². The fraction of sp³-hybridized carbons (Fsp3) is 0.533. The molecule has 1 atom stereocenters. The van der Waals surface area contributed by atoms with Crippen molar-refractivity contribution in [2.45, 2.75) is 58.8 Å². The molecule has 238 valence electrons. The molecule has 0 bridgehead atoms. The summed E-state index contributed by atoms with van der Waals surface area (Å²) >= 11 is 1.29. The first-order valence-corrected chi connectivity index (χ1v) is 15.7. The first-order valence-electron chi connectivity index (χ1n) is 14.9. The predicted octanol–water partition coefficient (Wildman–Crippen LogP) is 5.87. The molecule has 5 rings (SSSR count). The first kappa shape index (κ1) is 32.0. The molecule has 2 aliphatic heterocycles. The van der Waals surface area contributed by atoms with Gasteiger partial charge in [-0.3, -0.25) is 14.6 Å². The Labute approximate surface area is 258 Å². The van der Waals surface area contributed by atoms with Crippen LogP contribution in [0.1, 0.15) is 49.1 Å². The smallest absolute Gasteiger partial charge is 0.416 e. The van der Waals surface area contributed by atoms with Crippen molar-refractivity contribution < 1.29 is 27.1 Å². The molecule has 4 heterocycles. The zero-order valence-electron chi connectivity index (χ0n) is 25.1. The molecule has 0 unspecified atom stereocenters. The quantitative estimate of drug-likeness (QED) is 0.217. The van der Waals surface area contributed by atoms with Gasteiger partial charge in [0.2, 0.25) is 5.82 Å². The molecular weight excluding hydrogens is 598 g/mol. The van der Waals surface area contributed by atoms with Crippen molar-refractivity contribution >= 4 is 34.1 Å². The fourth-order valence-corrected chi connectivity index (χ4v) is 6.67. The van der Waals surface area contributed by atoms with Gasteiger partial charge in [0.05, 0.1) is 24.3 Å². The maximum Gasteiger partial charge on any atom is 0.416 e. The molecule has 0 saturated carbocycles. The summed E-state index contributed by atoms with van der Waals surface area (Å²) in [4.78, 5) is 31.7. The highest BCUT2D eigenvalue weighted by molar-refractivity contribution is 7.16. The molecule has 1 N–H and O–H groups in total. The molecule has 2 aliphatic rings. The molecule has 14 heteroatoms. The van der Waals surface area contributed by atoms with Gasteiger partial charge in [-0.15, -0.1) is 0 Å². The summed E-state index contributed by atoms with van der Waals surface area (Å²) in [6.45, 7) is 10.00. The third-order valence-corrected chi connectivity index (χ3v) is 9.11. The van der Waals surface area contributed by atoms with Gasteiger partial charge < -0.3 is 15.0 Å². The van der Waals surface area contributed by atoms with Crippen molar-refractivity contribution in [3.63, 3.8) is 0 Å². The van der Waals surface area contributed by atoms with Crippen LogP contribution in [0, 0.1) is 12.7 Å². The largest absolute Gasteiger partial charge is 0.466 e. The minimum atomic E-state index is -4.49. The summed E-state index contributed by atoms with van der Waals surface area (Å²) in [6.07, 6.45) is -0.800. The van der Waals surface area contributed by atoms with Gasteiger partial charge >= 0.3 is 12.1 Å². The van der Waals surface area contributed by atoms with Gasteiger partial charge in [-0.1, -0.05) is 23.5 Å². The number of nitrogens with zero attached hydrogens (tertiary/aromatic N) is 6. The minimum Gasteiger partial charge on any atom is -0.466 e. The van der Waals surface area contributed by atoms with Gasteiger partial charge in [0.25, 0.3) is 0 Å². The van der Waals surface area contributed by atoms with Crippen LogP contribution in [-0.2, 0) is 22.3 Å². The summed E-state index contributed by atoms with van der Waals surface area (Å²) in [6, 6.07) is 4.59. The van der Waals surface area contributed by atoms with Gasteiger partial charge in [-0.05, 0) is 51.8 Å². The number of thiazole rings is 1. The molecule has 44 heavy (non-hydrogen) atoms. The molecule has 3 aromatic rings. The Bertz CT molecular complexity index is 1460. The Balaban J connectivity index is 1.36. The maximum atomic E-state index is 15.8. The van der Waals surface area contributed by atoms with E-state index in [4.69, 9.17) is 4.74 Å². The van der Waals surface area contributed by atoms with E-state index in [-0.39, 0.29) is 23.2 Å². The fourth-order valence-electron chi connectivity index (χ4n) is 5.66. The molecule has 0 aliphatic carbocycles. The van der Waals surface area contributed by atoms with Crippen LogP contribution in [-0.4, -0.2) is 82.6 Å². The average Bonchev–Trinajstić information content (AvgIpc) is 3.58. The summed E-state index contributed by atoms with van der Waals surface area (Å²) in [5.41, 5.74) is 0.236. The number of rotatable bonds is 10. The Morgan fingerprint density at radius 3 is 2.61 bits per heavy atom. The van der Waals surface area contributed by atoms with E-state index in [1.165, 1.54) is 30.7 Å². The number of aromatic nitrogens is 3. The van der Waals surface area contributed by atoms with E-state index < -0.39 is 17.6 Å². The standard InChI is InChI=1S/C30H37F4N7O2S/c1-4-43-24(42)9-11-39-12-14-40(15-13-39)28-25(31)27(35-18-36-28)38-29-37-26(23(44-29)17-41-10-5-6-20(41)3)21-8-7-19(2)22(16-21)30(32,33)34/h7-8,16,18,20H,4-6,9-15,17H2,1-3H3,(H,35,36,37,38)/t20-/m1/s1. The normalized spacial score (nSPS) is 18.2. The number of benzene rings is 1. The van der Waals surface area contributed by atoms with Crippen molar-refractivity contribution in [2.24, 2.45) is 0 Å². The van der Waals surface area contributed by atoms with Crippen LogP contribution < -0.4 is 10.2 Å². The van der Waals surface area contributed by atoms with Gasteiger partial charge in [0, 0.05) is 55.8 Å². The van der Waals surface area contributed by atoms with Crippen LogP contribution in [0.2, 0.25) is 0 Å². The molecule has 2 aromatic heterocycles. The number of ether oxygens (including phenoxy) is 1. The van der Waals surface area contributed by atoms with Crippen LogP contribution in [0.25, 0.3) is 11.3 Å². The van der Waals surface area contributed by atoms with Crippen LogP contribution in [0.4, 0.5) is 34.3 Å². The molecule has 0 amide bonds. The maximum absolute atomic E-state index is 15.8. The SMILES string of the molecule is CCOC(=O)CCN1CCN(c2ncnc(Nc3nc(-c4ccc(C)c(C(F)(F)F)c4)c(CN4CCC[C@H]4C)s3)c2F)CC1. The van der Waals surface area contributed by atoms with Crippen LogP contribution in [0.3, 0.4) is 0 Å². The highest BCUT2D eigenvalue weighted by Gasteiger charge is 2.33. The lowest BCUT2D eigenvalue weighted by Gasteiger charge is -2.35. The second kappa shape index (κ2) is 13.7. The van der Waals surface area contributed by atoms with E-state index in [9.17, 15) is 18.0 Å². The molecule has 1 aromatic carbocycles. The third kappa shape index (κ3) is 7.46. The highest BCUT2D eigenvalue weighted by atomic mass is 32.1. The summed E-state index contributed by atoms with van der Waals surface area (Å²) < 4.78 is 62.0. The topological polar surface area (TPSA) is 86.7 Å². The summed E-state index contributed by atoms with van der Waals surface area (Å²) in [7, 11) is 0. The number of hydrogen-bond acceptors (Lipinski definition) is 10. The second-order valence-corrected chi connectivity index (χ2v) is 12.2. The number of nitrogens with one attached hydrogen (secondary N) is 1. The zero-order chi connectivity index (χ0) is 31.4. The van der Waals surface area contributed by atoms with Gasteiger partial charge in [0.1, 0.15) is 6.33 Å². The number of anilines is 3. The number of carbonyl (C=O) groups is 1. The Morgan fingerprint density at radius 2 is 1.93 bits per heavy atom. The molecule has 2 saturated heterocycles. The average molecular weight is 636 g/mol. The van der Waals surface area contributed by atoms with Gasteiger partial charge in [0.15, 0.2) is 16.8 Å². The number of carbonyl (C=O) groups excluding carboxylic acids is 1. The minimum absolute atomic E-state index is 0.0546. The van der Waals surface area contributed by atoms with Crippen molar-refractivity contribution in [1.82, 2.24) is 24.8 Å². The van der Waals surface area contributed by atoms with E-state index in [1.807, 2.05) is 4.90 Å². The zero-order valence-corrected chi connectivity index (χ0v) is 25.9. The van der Waals surface area contributed by atoms with Crippen LogP contribution in [0.15, 0.2) is 24.5 Å². The van der Waals surface area contributed by atoms with Crippen LogP contribution in [0.5, 0.6) is 0 Å². The Morgan fingerprint density at radius 1 is 1.16 bits per heavy atom. The lowest BCUT2D eigenvalue weighted by molar-refractivity contribution is -0.143. The number of aryl methyl sites for hydroxylation is 1. The van der Waals surface area contributed by atoms with Crippen molar-refractivity contribution in [3.8, 4) is 11.3 Å². The van der Waals surface area contributed by atoms with Crippen molar-refractivity contribution in [1.29, 1.82) is 0 Å². The second-order valence-electron chi connectivity index (χ2n) is 11.1. The first-order chi connectivity index (χ1) is 21.0. The molecule has 0 radical (unpaired) electrons. The van der Waals surface area contributed by atoms with E-state index in [2.05, 4.69) is 37.0 Å². The Kier molecular flexibility index (Phi) is 10.0. The van der Waals surface area contributed by atoms with Crippen LogP contribution >= 0.6 is 11.3 Å². The number of piperazine rings is 1. The molecular formula is C30H37F4N7O2S. The van der Waals surface area contributed by atoms with Gasteiger partial charge in [-0.2, -0.15) is 17.6 Å². The molecule has 0 spiro atoms. The summed E-state index contributed by atoms with van der Waals surface area (Å²) in [5, 5.41) is 3.32. The number of hydrogen-bond donors (Lipinski definition) is 1. The van der Waals surface area contributed by atoms with E-state index in [0.29, 0.717) is 74.7 Å². The van der Waals surface area contributed by atoms with E-state index in [1.54, 1.807) is 13.0 Å². The summed E-state index contributed by atoms with van der Waals surface area (Å²) in [5.74, 6) is -0.766. The lowest BCUT2D eigenvalue weighted by atomic mass is 10.0. The van der Waals surface area contributed by atoms with E-state index >= 15 is 4.39 Å². The number of halogens is 4. The van der Waals surface area contributed by atoms with E-state index in [0.717, 1.165) is 30.3 Å². The highest BCUT2D eigenvalue weighted by Crippen LogP contribution is 2.39. The van der Waals surface area contributed by atoms with Gasteiger partial charge in [-0.25, -0.2) is 15.0 Å². The molecule has 9 nitrogen and oxygen atoms in total. The third-order valence-electron chi connectivity index (χ3n) is 8.16. The number of alkyl halides is 3. The predicted molar refractivity (Wildman–Crippen MR) is 162 cm³/mol. The number of esters is 1. The monoisotopic (exact) mass is 635 g/mol. The Hall–Kier alpha value is -3.36. The van der Waals surface area contributed by atoms with Crippen molar-refractivity contribution in [3.05, 3.63) is 46.3 Å².